The molecule has 7 atom stereocenters. The van der Waals surface area contributed by atoms with E-state index >= 15 is 0 Å². The van der Waals surface area contributed by atoms with E-state index in [0.717, 1.165) is 30.0 Å². The molecule has 0 radical (unpaired) electrons. The summed E-state index contributed by atoms with van der Waals surface area (Å²) in [4.78, 5) is 46.4. The summed E-state index contributed by atoms with van der Waals surface area (Å²) in [5, 5.41) is 12.7. The average molecular weight is 573 g/mol. The molecule has 4 aliphatic heterocycles. The molecule has 4 aliphatic rings. The zero-order chi connectivity index (χ0) is 29.6. The number of esters is 1. The summed E-state index contributed by atoms with van der Waals surface area (Å²) in [5.41, 5.74) is -1.84. The van der Waals surface area contributed by atoms with E-state index in [1.807, 2.05) is 87.5 Å². The maximum Gasteiger partial charge on any atom is 0.313 e. The molecule has 0 bridgehead atoms. The highest BCUT2D eigenvalue weighted by molar-refractivity contribution is 6.06. The van der Waals surface area contributed by atoms with Crippen molar-refractivity contribution in [3.63, 3.8) is 0 Å². The molecular weight excluding hydrogens is 532 g/mol. The number of carbonyl (C=O) groups excluding carboxylic acids is 3. The van der Waals surface area contributed by atoms with Crippen LogP contribution in [0.3, 0.4) is 0 Å². The molecular formula is C34H40N2O6. The fourth-order valence-corrected chi connectivity index (χ4v) is 7.48. The Morgan fingerprint density at radius 3 is 2.55 bits per heavy atom. The molecule has 2 amide bonds. The molecule has 2 aromatic carbocycles. The number of amides is 2. The van der Waals surface area contributed by atoms with E-state index in [1.165, 1.54) is 0 Å². The Morgan fingerprint density at radius 1 is 1.00 bits per heavy atom. The summed E-state index contributed by atoms with van der Waals surface area (Å²) < 4.78 is 12.6. The second-order valence-electron chi connectivity index (χ2n) is 12.3. The Kier molecular flexibility index (Phi) is 7.48. The van der Waals surface area contributed by atoms with Gasteiger partial charge in [0.05, 0.1) is 30.8 Å². The van der Waals surface area contributed by atoms with Crippen molar-refractivity contribution in [1.82, 2.24) is 4.90 Å². The first-order valence-corrected chi connectivity index (χ1v) is 15.2. The second kappa shape index (κ2) is 11.0. The number of cyclic esters (lactones) is 1. The van der Waals surface area contributed by atoms with Crippen molar-refractivity contribution in [1.29, 1.82) is 0 Å². The van der Waals surface area contributed by atoms with E-state index < -0.39 is 41.1 Å². The number of nitrogens with zero attached hydrogens (tertiary/aromatic N) is 2. The van der Waals surface area contributed by atoms with Crippen LogP contribution in [-0.2, 0) is 23.9 Å². The van der Waals surface area contributed by atoms with Crippen molar-refractivity contribution >= 4 is 34.2 Å². The summed E-state index contributed by atoms with van der Waals surface area (Å²) in [6, 6.07) is 12.2. The van der Waals surface area contributed by atoms with Crippen LogP contribution in [0, 0.1) is 17.8 Å². The van der Waals surface area contributed by atoms with Gasteiger partial charge in [0.25, 0.3) is 5.91 Å². The standard InChI is InChI=1S/C34H40N2O6/c1-4-22(2)26(21-37)36-29-31(39)35(25-15-14-23-12-7-8-13-24(23)20-25)18-11-17-34(29)27(30(36)38)28-32(40)41-19-10-6-5-9-16-33(28,3)42-34/h7-9,11-17,20,22,26-29,37H,4-6,10,18-19,21H2,1-3H3/b16-9-/t22-,26-,27-,28+,29?,33-,34-/m0/s1. The topological polar surface area (TPSA) is 96.4 Å². The third-order valence-electron chi connectivity index (χ3n) is 9.83. The molecule has 0 aromatic heterocycles. The van der Waals surface area contributed by atoms with Crippen molar-refractivity contribution < 1.29 is 29.0 Å². The normalized spacial score (nSPS) is 33.4. The molecule has 2 aromatic rings. The number of carbonyl (C=O) groups is 3. The molecule has 2 fully saturated rings. The SMILES string of the molecule is CC[C@H](C)[C@H](CO)N1C(=O)[C@@H]2[C@@H]3C(=O)OCCCC/C=C\[C@]3(C)O[C@@]23C=CCN(c2ccc4ccccc4c2)C(=O)C13. The van der Waals surface area contributed by atoms with E-state index in [0.29, 0.717) is 12.1 Å². The lowest BCUT2D eigenvalue weighted by Gasteiger charge is -2.41. The van der Waals surface area contributed by atoms with Crippen LogP contribution in [0.2, 0.25) is 0 Å². The Bertz CT molecular complexity index is 1450. The minimum atomic E-state index is -1.41. The minimum absolute atomic E-state index is 0.0914. The minimum Gasteiger partial charge on any atom is -0.465 e. The van der Waals surface area contributed by atoms with Gasteiger partial charge in [-0.2, -0.15) is 0 Å². The highest BCUT2D eigenvalue weighted by Gasteiger charge is 2.75. The largest absolute Gasteiger partial charge is 0.465 e. The number of fused-ring (bicyclic) bond motifs is 3. The molecule has 8 heteroatoms. The summed E-state index contributed by atoms with van der Waals surface area (Å²) in [6.45, 7) is 6.04. The van der Waals surface area contributed by atoms with Crippen molar-refractivity contribution in [2.24, 2.45) is 17.8 Å². The summed E-state index contributed by atoms with van der Waals surface area (Å²) in [7, 11) is 0. The van der Waals surface area contributed by atoms with Gasteiger partial charge < -0.3 is 24.4 Å². The van der Waals surface area contributed by atoms with Crippen molar-refractivity contribution in [3.8, 4) is 0 Å². The van der Waals surface area contributed by atoms with Gasteiger partial charge in [0, 0.05) is 12.2 Å². The smallest absolute Gasteiger partial charge is 0.313 e. The summed E-state index contributed by atoms with van der Waals surface area (Å²) >= 11 is 0. The lowest BCUT2D eigenvalue weighted by Crippen LogP contribution is -2.60. The van der Waals surface area contributed by atoms with Crippen molar-refractivity contribution in [2.75, 3.05) is 24.7 Å². The number of ether oxygens (including phenoxy) is 2. The van der Waals surface area contributed by atoms with Crippen LogP contribution in [0.4, 0.5) is 5.69 Å². The van der Waals surface area contributed by atoms with Gasteiger partial charge in [0.1, 0.15) is 17.6 Å². The van der Waals surface area contributed by atoms with Crippen molar-refractivity contribution in [3.05, 3.63) is 66.8 Å². The molecule has 42 heavy (non-hydrogen) atoms. The number of likely N-dealkylation sites (tertiary alicyclic amines) is 1. The molecule has 4 heterocycles. The number of benzene rings is 2. The quantitative estimate of drug-likeness (QED) is 0.422. The Hall–Kier alpha value is -3.49. The van der Waals surface area contributed by atoms with Crippen molar-refractivity contribution in [2.45, 2.75) is 69.7 Å². The highest BCUT2D eigenvalue weighted by atomic mass is 16.6. The predicted molar refractivity (Wildman–Crippen MR) is 160 cm³/mol. The zero-order valence-corrected chi connectivity index (χ0v) is 24.6. The number of rotatable bonds is 5. The number of allylic oxidation sites excluding steroid dienone is 1. The van der Waals surface area contributed by atoms with Gasteiger partial charge in [-0.05, 0) is 55.0 Å². The van der Waals surface area contributed by atoms with Crippen LogP contribution < -0.4 is 4.90 Å². The Balaban J connectivity index is 1.51. The molecule has 0 saturated carbocycles. The van der Waals surface area contributed by atoms with Crippen LogP contribution in [0.5, 0.6) is 0 Å². The fraction of sp³-hybridized carbons (Fsp3) is 0.500. The van der Waals surface area contributed by atoms with Gasteiger partial charge in [-0.25, -0.2) is 0 Å². The molecule has 6 rings (SSSR count). The second-order valence-corrected chi connectivity index (χ2v) is 12.3. The first-order valence-electron chi connectivity index (χ1n) is 15.2. The number of aliphatic hydroxyl groups is 1. The Morgan fingerprint density at radius 2 is 1.79 bits per heavy atom. The molecule has 1 unspecified atom stereocenters. The monoisotopic (exact) mass is 572 g/mol. The molecule has 222 valence electrons. The third kappa shape index (κ3) is 4.38. The molecule has 0 aliphatic carbocycles. The fourth-order valence-electron chi connectivity index (χ4n) is 7.48. The summed E-state index contributed by atoms with van der Waals surface area (Å²) in [5.74, 6) is -3.13. The van der Waals surface area contributed by atoms with E-state index in [9.17, 15) is 19.5 Å². The number of hydrogen-bond acceptors (Lipinski definition) is 6. The summed E-state index contributed by atoms with van der Waals surface area (Å²) in [6.07, 6.45) is 10.7. The van der Waals surface area contributed by atoms with Gasteiger partial charge >= 0.3 is 5.97 Å². The molecule has 1 N–H and O–H groups in total. The lowest BCUT2D eigenvalue weighted by atomic mass is 9.74. The van der Waals surface area contributed by atoms with Crippen LogP contribution >= 0.6 is 0 Å². The first kappa shape index (κ1) is 28.6. The predicted octanol–water partition coefficient (Wildman–Crippen LogP) is 4.40. The van der Waals surface area contributed by atoms with Crippen LogP contribution in [-0.4, -0.2) is 70.8 Å². The van der Waals surface area contributed by atoms with Gasteiger partial charge in [0.15, 0.2) is 0 Å². The number of aliphatic hydroxyl groups excluding tert-OH is 1. The van der Waals surface area contributed by atoms with E-state index in [2.05, 4.69) is 0 Å². The third-order valence-corrected chi connectivity index (χ3v) is 9.83. The molecule has 8 nitrogen and oxygen atoms in total. The van der Waals surface area contributed by atoms with Gasteiger partial charge in [-0.3, -0.25) is 14.4 Å². The maximum absolute atomic E-state index is 14.8. The molecule has 1 spiro atoms. The number of hydrogen-bond donors (Lipinski definition) is 1. The average Bonchev–Trinajstić information content (AvgIpc) is 3.32. The number of anilines is 1. The van der Waals surface area contributed by atoms with Gasteiger partial charge in [-0.1, -0.05) is 74.9 Å². The van der Waals surface area contributed by atoms with Gasteiger partial charge in [0.2, 0.25) is 5.91 Å². The first-order chi connectivity index (χ1) is 20.3. The van der Waals surface area contributed by atoms with E-state index in [4.69, 9.17) is 9.47 Å². The van der Waals surface area contributed by atoms with Gasteiger partial charge in [-0.15, -0.1) is 0 Å². The van der Waals surface area contributed by atoms with Crippen LogP contribution in [0.25, 0.3) is 10.8 Å². The lowest BCUT2D eigenvalue weighted by molar-refractivity contribution is -0.160. The maximum atomic E-state index is 14.8. The van der Waals surface area contributed by atoms with E-state index in [1.54, 1.807) is 9.80 Å². The van der Waals surface area contributed by atoms with Crippen LogP contribution in [0.15, 0.2) is 66.8 Å². The molecule has 2 saturated heterocycles. The Labute approximate surface area is 246 Å². The zero-order valence-electron chi connectivity index (χ0n) is 24.6. The highest BCUT2D eigenvalue weighted by Crippen LogP contribution is 2.58. The van der Waals surface area contributed by atoms with E-state index in [-0.39, 0.29) is 37.5 Å². The van der Waals surface area contributed by atoms with Crippen LogP contribution in [0.1, 0.15) is 46.5 Å².